The van der Waals surface area contributed by atoms with E-state index in [1.165, 1.54) is 19.3 Å². The Kier molecular flexibility index (Phi) is 13.6. The predicted octanol–water partition coefficient (Wildman–Crippen LogP) is 4.44. The summed E-state index contributed by atoms with van der Waals surface area (Å²) in [5.74, 6) is -0.0744. The van der Waals surface area contributed by atoms with Crippen molar-refractivity contribution in [2.45, 2.75) is 85.1 Å². The molecule has 1 N–H and O–H groups in total. The molecule has 5 heteroatoms. The van der Waals surface area contributed by atoms with Crippen molar-refractivity contribution in [2.24, 2.45) is 5.92 Å². The Morgan fingerprint density at radius 3 is 2.09 bits per heavy atom. The summed E-state index contributed by atoms with van der Waals surface area (Å²) in [6.07, 6.45) is 7.33. The van der Waals surface area contributed by atoms with Crippen LogP contribution in [-0.2, 0) is 14.3 Å². The number of esters is 1. The zero-order valence-corrected chi connectivity index (χ0v) is 15.4. The van der Waals surface area contributed by atoms with Gasteiger partial charge in [-0.25, -0.2) is 9.59 Å². The smallest absolute Gasteiger partial charge is 0.407 e. The number of alkyl carbamates (subject to hydrolysis) is 1. The standard InChI is InChI=1S/C18H35NO4/c1-5-7-9-10-11-13-22-17(20)16(14-15(3)4)19-18(21)23-12-8-6-2/h15-16H,5-14H2,1-4H3,(H,19,21). The molecule has 0 spiro atoms. The fraction of sp³-hybridized carbons (Fsp3) is 0.889. The van der Waals surface area contributed by atoms with E-state index in [0.29, 0.717) is 19.6 Å². The molecule has 0 fully saturated rings. The summed E-state index contributed by atoms with van der Waals surface area (Å²) in [6.45, 7) is 9.01. The third-order valence-corrected chi connectivity index (χ3v) is 3.51. The highest BCUT2D eigenvalue weighted by molar-refractivity contribution is 5.81. The molecule has 0 saturated heterocycles. The number of unbranched alkanes of at least 4 members (excludes halogenated alkanes) is 5. The molecule has 0 bridgehead atoms. The van der Waals surface area contributed by atoms with Crippen LogP contribution >= 0.6 is 0 Å². The molecule has 0 aromatic carbocycles. The Balaban J connectivity index is 4.14. The minimum Gasteiger partial charge on any atom is -0.464 e. The highest BCUT2D eigenvalue weighted by atomic mass is 16.6. The maximum atomic E-state index is 12.1. The summed E-state index contributed by atoms with van der Waals surface area (Å²) in [7, 11) is 0. The van der Waals surface area contributed by atoms with Crippen molar-refractivity contribution >= 4 is 12.1 Å². The molecule has 0 aliphatic rings. The Labute approximate surface area is 141 Å². The molecule has 0 aromatic heterocycles. The van der Waals surface area contributed by atoms with Crippen LogP contribution in [0.3, 0.4) is 0 Å². The summed E-state index contributed by atoms with van der Waals surface area (Å²) in [6, 6.07) is -0.625. The van der Waals surface area contributed by atoms with E-state index in [4.69, 9.17) is 9.47 Å². The van der Waals surface area contributed by atoms with Crippen LogP contribution in [-0.4, -0.2) is 31.3 Å². The average Bonchev–Trinajstić information content (AvgIpc) is 2.49. The van der Waals surface area contributed by atoms with Crippen LogP contribution in [0.2, 0.25) is 0 Å². The lowest BCUT2D eigenvalue weighted by Gasteiger charge is -2.19. The first kappa shape index (κ1) is 21.7. The predicted molar refractivity (Wildman–Crippen MR) is 92.4 cm³/mol. The van der Waals surface area contributed by atoms with Crippen molar-refractivity contribution < 1.29 is 19.1 Å². The third kappa shape index (κ3) is 12.9. The van der Waals surface area contributed by atoms with Crippen LogP contribution in [0.4, 0.5) is 4.79 Å². The maximum absolute atomic E-state index is 12.1. The number of nitrogens with one attached hydrogen (secondary N) is 1. The second-order valence-corrected chi connectivity index (χ2v) is 6.40. The fourth-order valence-electron chi connectivity index (χ4n) is 2.16. The molecule has 136 valence electrons. The monoisotopic (exact) mass is 329 g/mol. The number of carbonyl (C=O) groups excluding carboxylic acids is 2. The summed E-state index contributed by atoms with van der Waals surface area (Å²) >= 11 is 0. The molecule has 5 nitrogen and oxygen atoms in total. The van der Waals surface area contributed by atoms with Gasteiger partial charge in [-0.15, -0.1) is 0 Å². The van der Waals surface area contributed by atoms with Gasteiger partial charge in [0, 0.05) is 0 Å². The van der Waals surface area contributed by atoms with Crippen molar-refractivity contribution in [2.75, 3.05) is 13.2 Å². The van der Waals surface area contributed by atoms with Gasteiger partial charge in [0.15, 0.2) is 0 Å². The topological polar surface area (TPSA) is 64.6 Å². The molecular weight excluding hydrogens is 294 g/mol. The second kappa shape index (κ2) is 14.3. The molecule has 1 amide bonds. The van der Waals surface area contributed by atoms with Gasteiger partial charge < -0.3 is 14.8 Å². The van der Waals surface area contributed by atoms with Crippen LogP contribution < -0.4 is 5.32 Å². The first-order chi connectivity index (χ1) is 11.0. The van der Waals surface area contributed by atoms with Gasteiger partial charge in [-0.2, -0.15) is 0 Å². The van der Waals surface area contributed by atoms with Gasteiger partial charge in [-0.3, -0.25) is 0 Å². The van der Waals surface area contributed by atoms with Crippen molar-refractivity contribution in [3.8, 4) is 0 Å². The zero-order valence-electron chi connectivity index (χ0n) is 15.4. The molecule has 1 atom stereocenters. The number of hydrogen-bond donors (Lipinski definition) is 1. The lowest BCUT2D eigenvalue weighted by atomic mass is 10.0. The van der Waals surface area contributed by atoms with Crippen LogP contribution in [0.5, 0.6) is 0 Å². The van der Waals surface area contributed by atoms with Gasteiger partial charge in [0.2, 0.25) is 0 Å². The van der Waals surface area contributed by atoms with Crippen molar-refractivity contribution in [3.63, 3.8) is 0 Å². The van der Waals surface area contributed by atoms with E-state index in [2.05, 4.69) is 12.2 Å². The van der Waals surface area contributed by atoms with Crippen LogP contribution in [0.1, 0.15) is 79.1 Å². The molecule has 0 aromatic rings. The Bertz CT molecular complexity index is 318. The van der Waals surface area contributed by atoms with Crippen molar-refractivity contribution in [3.05, 3.63) is 0 Å². The van der Waals surface area contributed by atoms with E-state index in [9.17, 15) is 9.59 Å². The number of carbonyl (C=O) groups is 2. The minimum absolute atomic E-state index is 0.285. The van der Waals surface area contributed by atoms with Crippen LogP contribution in [0.15, 0.2) is 0 Å². The lowest BCUT2D eigenvalue weighted by molar-refractivity contribution is -0.146. The number of hydrogen-bond acceptors (Lipinski definition) is 4. The van der Waals surface area contributed by atoms with Crippen LogP contribution in [0.25, 0.3) is 0 Å². The first-order valence-corrected chi connectivity index (χ1v) is 9.11. The molecule has 0 rings (SSSR count). The van der Waals surface area contributed by atoms with Crippen LogP contribution in [0, 0.1) is 5.92 Å². The second-order valence-electron chi connectivity index (χ2n) is 6.40. The average molecular weight is 329 g/mol. The quantitative estimate of drug-likeness (QED) is 0.401. The molecule has 23 heavy (non-hydrogen) atoms. The van der Waals surface area contributed by atoms with E-state index in [0.717, 1.165) is 25.7 Å². The van der Waals surface area contributed by atoms with Crippen molar-refractivity contribution in [1.82, 2.24) is 5.32 Å². The Morgan fingerprint density at radius 2 is 1.48 bits per heavy atom. The van der Waals surface area contributed by atoms with E-state index < -0.39 is 12.1 Å². The molecule has 0 heterocycles. The maximum Gasteiger partial charge on any atom is 0.407 e. The summed E-state index contributed by atoms with van der Waals surface area (Å²) in [4.78, 5) is 23.9. The summed E-state index contributed by atoms with van der Waals surface area (Å²) < 4.78 is 10.4. The molecule has 1 unspecified atom stereocenters. The molecular formula is C18H35NO4. The van der Waals surface area contributed by atoms with Gasteiger partial charge >= 0.3 is 12.1 Å². The molecule has 0 saturated carbocycles. The highest BCUT2D eigenvalue weighted by Crippen LogP contribution is 2.08. The van der Waals surface area contributed by atoms with Gasteiger partial charge in [0.1, 0.15) is 6.04 Å². The van der Waals surface area contributed by atoms with E-state index in [1.807, 2.05) is 20.8 Å². The third-order valence-electron chi connectivity index (χ3n) is 3.51. The Hall–Kier alpha value is -1.26. The van der Waals surface area contributed by atoms with E-state index in [1.54, 1.807) is 0 Å². The highest BCUT2D eigenvalue weighted by Gasteiger charge is 2.23. The largest absolute Gasteiger partial charge is 0.464 e. The molecule has 0 aliphatic heterocycles. The zero-order chi connectivity index (χ0) is 17.5. The Morgan fingerprint density at radius 1 is 0.870 bits per heavy atom. The molecule has 0 radical (unpaired) electrons. The number of rotatable bonds is 13. The number of ether oxygens (including phenoxy) is 2. The summed E-state index contributed by atoms with van der Waals surface area (Å²) in [5.41, 5.74) is 0. The van der Waals surface area contributed by atoms with E-state index in [-0.39, 0.29) is 11.9 Å². The fourth-order valence-corrected chi connectivity index (χ4v) is 2.16. The minimum atomic E-state index is -0.625. The van der Waals surface area contributed by atoms with Crippen molar-refractivity contribution in [1.29, 1.82) is 0 Å². The number of amides is 1. The SMILES string of the molecule is CCCCCCCOC(=O)C(CC(C)C)NC(=O)OCCCC. The van der Waals surface area contributed by atoms with Gasteiger partial charge in [-0.1, -0.05) is 59.8 Å². The first-order valence-electron chi connectivity index (χ1n) is 9.11. The lowest BCUT2D eigenvalue weighted by Crippen LogP contribution is -2.43. The normalized spacial score (nSPS) is 12.0. The van der Waals surface area contributed by atoms with E-state index >= 15 is 0 Å². The summed E-state index contributed by atoms with van der Waals surface area (Å²) in [5, 5.41) is 2.63. The molecule has 0 aliphatic carbocycles. The van der Waals surface area contributed by atoms with Gasteiger partial charge in [0.05, 0.1) is 13.2 Å². The van der Waals surface area contributed by atoms with Gasteiger partial charge in [0.25, 0.3) is 0 Å². The van der Waals surface area contributed by atoms with Gasteiger partial charge in [-0.05, 0) is 25.2 Å².